The van der Waals surface area contributed by atoms with Gasteiger partial charge >= 0.3 is 0 Å². The van der Waals surface area contributed by atoms with E-state index in [1.54, 1.807) is 13.2 Å². The summed E-state index contributed by atoms with van der Waals surface area (Å²) in [6.07, 6.45) is 2.15. The highest BCUT2D eigenvalue weighted by molar-refractivity contribution is 6.01. The molecule has 5 nitrogen and oxygen atoms in total. The normalized spacial score (nSPS) is 15.1. The number of anilines is 1. The molecule has 0 saturated heterocycles. The predicted molar refractivity (Wildman–Crippen MR) is 123 cm³/mol. The van der Waals surface area contributed by atoms with Crippen LogP contribution in [0.25, 0.3) is 0 Å². The highest BCUT2D eigenvalue weighted by atomic mass is 16.5. The quantitative estimate of drug-likeness (QED) is 0.523. The Labute approximate surface area is 182 Å². The Bertz CT molecular complexity index is 1070. The number of carbonyl (C=O) groups excluding carboxylic acids is 1. The van der Waals surface area contributed by atoms with E-state index in [9.17, 15) is 4.79 Å². The molecule has 0 aliphatic carbocycles. The fraction of sp³-hybridized carbons (Fsp3) is 0.192. The van der Waals surface area contributed by atoms with Gasteiger partial charge in [-0.3, -0.25) is 4.79 Å². The molecule has 158 valence electrons. The lowest BCUT2D eigenvalue weighted by atomic mass is 10.0. The first-order valence-corrected chi connectivity index (χ1v) is 10.3. The van der Waals surface area contributed by atoms with Crippen molar-refractivity contribution < 1.29 is 14.3 Å². The molecule has 5 heteroatoms. The van der Waals surface area contributed by atoms with Crippen molar-refractivity contribution >= 4 is 11.6 Å². The minimum Gasteiger partial charge on any atom is -0.493 e. The molecule has 0 aromatic heterocycles. The molecule has 1 heterocycles. The van der Waals surface area contributed by atoms with Gasteiger partial charge in [-0.05, 0) is 41.8 Å². The lowest BCUT2D eigenvalue weighted by Crippen LogP contribution is -2.44. The predicted octanol–water partition coefficient (Wildman–Crippen LogP) is 5.07. The van der Waals surface area contributed by atoms with Crippen molar-refractivity contribution in [2.75, 3.05) is 25.6 Å². The summed E-state index contributed by atoms with van der Waals surface area (Å²) in [5.74, 6) is 1.28. The molecule has 0 spiro atoms. The molecule has 0 saturated carbocycles. The highest BCUT2D eigenvalue weighted by Gasteiger charge is 2.33. The highest BCUT2D eigenvalue weighted by Crippen LogP contribution is 2.37. The van der Waals surface area contributed by atoms with E-state index in [0.29, 0.717) is 30.2 Å². The smallest absolute Gasteiger partial charge is 0.257 e. The molecule has 3 aromatic carbocycles. The minimum absolute atomic E-state index is 0.0150. The maximum Gasteiger partial charge on any atom is 0.257 e. The van der Waals surface area contributed by atoms with Crippen LogP contribution in [0, 0.1) is 0 Å². The third-order valence-corrected chi connectivity index (χ3v) is 5.37. The second-order valence-corrected chi connectivity index (χ2v) is 7.34. The van der Waals surface area contributed by atoms with Gasteiger partial charge in [-0.2, -0.15) is 0 Å². The first-order chi connectivity index (χ1) is 15.2. The molecule has 1 N–H and O–H groups in total. The van der Waals surface area contributed by atoms with Crippen molar-refractivity contribution in [1.82, 2.24) is 4.90 Å². The van der Waals surface area contributed by atoms with E-state index in [2.05, 4.69) is 24.0 Å². The number of para-hydroxylation sites is 1. The maximum atomic E-state index is 13.4. The largest absolute Gasteiger partial charge is 0.493 e. The second-order valence-electron chi connectivity index (χ2n) is 7.34. The van der Waals surface area contributed by atoms with Crippen molar-refractivity contribution in [3.05, 3.63) is 102 Å². The number of nitrogens with one attached hydrogen (secondary N) is 1. The number of hydrogen-bond acceptors (Lipinski definition) is 4. The Kier molecular flexibility index (Phi) is 6.22. The summed E-state index contributed by atoms with van der Waals surface area (Å²) in [7, 11) is 1.61. The third kappa shape index (κ3) is 4.40. The second kappa shape index (κ2) is 9.39. The summed E-state index contributed by atoms with van der Waals surface area (Å²) < 4.78 is 11.2. The van der Waals surface area contributed by atoms with Gasteiger partial charge in [-0.1, -0.05) is 61.2 Å². The Balaban J connectivity index is 1.67. The van der Waals surface area contributed by atoms with Gasteiger partial charge in [-0.15, -0.1) is 0 Å². The molecule has 0 fully saturated rings. The fourth-order valence-corrected chi connectivity index (χ4v) is 3.80. The van der Waals surface area contributed by atoms with Crippen LogP contribution in [-0.4, -0.2) is 31.1 Å². The van der Waals surface area contributed by atoms with E-state index in [0.717, 1.165) is 17.7 Å². The number of benzene rings is 3. The zero-order valence-corrected chi connectivity index (χ0v) is 17.6. The summed E-state index contributed by atoms with van der Waals surface area (Å²) in [6, 6.07) is 23.6. The van der Waals surface area contributed by atoms with E-state index in [1.165, 1.54) is 5.56 Å². The average Bonchev–Trinajstić information content (AvgIpc) is 2.82. The number of fused-ring (bicyclic) bond motifs is 1. The average molecular weight is 415 g/mol. The van der Waals surface area contributed by atoms with Gasteiger partial charge in [-0.25, -0.2) is 0 Å². The zero-order valence-electron chi connectivity index (χ0n) is 17.6. The Morgan fingerprint density at radius 3 is 2.58 bits per heavy atom. The molecule has 31 heavy (non-hydrogen) atoms. The summed E-state index contributed by atoms with van der Waals surface area (Å²) in [5, 5.41) is 3.54. The SMILES string of the molecule is C=CCOc1ccc(C2Nc3ccccc3C(=O)N2CCc2ccccc2)cc1OC. The first-order valence-electron chi connectivity index (χ1n) is 10.3. The number of amides is 1. The van der Waals surface area contributed by atoms with Crippen molar-refractivity contribution in [2.24, 2.45) is 0 Å². The minimum atomic E-state index is -0.312. The lowest BCUT2D eigenvalue weighted by molar-refractivity contribution is 0.0685. The lowest BCUT2D eigenvalue weighted by Gasteiger charge is -2.38. The van der Waals surface area contributed by atoms with E-state index in [4.69, 9.17) is 9.47 Å². The van der Waals surface area contributed by atoms with Crippen LogP contribution in [0.2, 0.25) is 0 Å². The van der Waals surface area contributed by atoms with Gasteiger partial charge in [0.2, 0.25) is 0 Å². The number of carbonyl (C=O) groups is 1. The molecule has 1 aliphatic heterocycles. The van der Waals surface area contributed by atoms with Crippen LogP contribution in [0.15, 0.2) is 85.5 Å². The molecule has 3 aromatic rings. The van der Waals surface area contributed by atoms with Crippen LogP contribution in [0.5, 0.6) is 11.5 Å². The van der Waals surface area contributed by atoms with Gasteiger partial charge in [0.15, 0.2) is 11.5 Å². The van der Waals surface area contributed by atoms with E-state index in [1.807, 2.05) is 65.6 Å². The van der Waals surface area contributed by atoms with Crippen LogP contribution in [0.1, 0.15) is 27.7 Å². The van der Waals surface area contributed by atoms with Crippen LogP contribution in [-0.2, 0) is 6.42 Å². The first kappa shape index (κ1) is 20.5. The number of hydrogen-bond donors (Lipinski definition) is 1. The molecule has 4 rings (SSSR count). The monoisotopic (exact) mass is 414 g/mol. The van der Waals surface area contributed by atoms with Gasteiger partial charge in [0.1, 0.15) is 12.8 Å². The molecule has 0 radical (unpaired) electrons. The summed E-state index contributed by atoms with van der Waals surface area (Å²) in [5.41, 5.74) is 3.64. The van der Waals surface area contributed by atoms with Crippen LogP contribution in [0.4, 0.5) is 5.69 Å². The van der Waals surface area contributed by atoms with Gasteiger partial charge < -0.3 is 19.7 Å². The Morgan fingerprint density at radius 1 is 1.03 bits per heavy atom. The van der Waals surface area contributed by atoms with Crippen LogP contribution < -0.4 is 14.8 Å². The summed E-state index contributed by atoms with van der Waals surface area (Å²) >= 11 is 0. The van der Waals surface area contributed by atoms with Crippen molar-refractivity contribution in [3.8, 4) is 11.5 Å². The van der Waals surface area contributed by atoms with Crippen molar-refractivity contribution in [2.45, 2.75) is 12.6 Å². The molecular weight excluding hydrogens is 388 g/mol. The molecule has 1 aliphatic rings. The Hall–Kier alpha value is -3.73. The number of rotatable bonds is 8. The molecule has 1 unspecified atom stereocenters. The number of ether oxygens (including phenoxy) is 2. The van der Waals surface area contributed by atoms with E-state index >= 15 is 0 Å². The number of nitrogens with zero attached hydrogens (tertiary/aromatic N) is 1. The van der Waals surface area contributed by atoms with Gasteiger partial charge in [0.05, 0.1) is 12.7 Å². The van der Waals surface area contributed by atoms with E-state index in [-0.39, 0.29) is 12.1 Å². The standard InChI is InChI=1S/C26H26N2O3/c1-3-17-31-23-14-13-20(18-24(23)30-2)25-27-22-12-8-7-11-21(22)26(29)28(25)16-15-19-9-5-4-6-10-19/h3-14,18,25,27H,1,15-17H2,2H3. The molecular formula is C26H26N2O3. The summed E-state index contributed by atoms with van der Waals surface area (Å²) in [4.78, 5) is 15.3. The van der Waals surface area contributed by atoms with Crippen LogP contribution in [0.3, 0.4) is 0 Å². The fourth-order valence-electron chi connectivity index (χ4n) is 3.80. The molecule has 0 bridgehead atoms. The zero-order chi connectivity index (χ0) is 21.6. The third-order valence-electron chi connectivity index (χ3n) is 5.37. The summed E-state index contributed by atoms with van der Waals surface area (Å²) in [6.45, 7) is 4.67. The van der Waals surface area contributed by atoms with E-state index < -0.39 is 0 Å². The van der Waals surface area contributed by atoms with Crippen molar-refractivity contribution in [3.63, 3.8) is 0 Å². The van der Waals surface area contributed by atoms with Crippen molar-refractivity contribution in [1.29, 1.82) is 0 Å². The van der Waals surface area contributed by atoms with Gasteiger partial charge in [0.25, 0.3) is 5.91 Å². The molecule has 1 amide bonds. The molecule has 1 atom stereocenters. The van der Waals surface area contributed by atoms with Crippen LogP contribution >= 0.6 is 0 Å². The topological polar surface area (TPSA) is 50.8 Å². The van der Waals surface area contributed by atoms with Gasteiger partial charge in [0, 0.05) is 12.2 Å². The Morgan fingerprint density at radius 2 is 1.81 bits per heavy atom. The maximum absolute atomic E-state index is 13.4. The number of methoxy groups -OCH3 is 1.